The maximum Gasteiger partial charge on any atom is 0.165 e. The molecule has 5 aromatic heterocycles. The summed E-state index contributed by atoms with van der Waals surface area (Å²) in [7, 11) is 0. The zero-order chi connectivity index (χ0) is 36.0. The SMILES string of the molecule is c1ccc(-c2ccc3c4cc5c6c7oc8ccccc8c7ccc6n(-c6ccccn6)c5cc4n(-c4nc5ccccc5nc4-c4ccccc4)c3c2)cc1. The Kier molecular flexibility index (Phi) is 6.24. The van der Waals surface area contributed by atoms with E-state index in [4.69, 9.17) is 19.4 Å². The number of nitrogens with zero attached hydrogens (tertiary/aromatic N) is 5. The van der Waals surface area contributed by atoms with Crippen molar-refractivity contribution in [1.29, 1.82) is 0 Å². The topological polar surface area (TPSA) is 61.7 Å². The number of rotatable bonds is 4. The van der Waals surface area contributed by atoms with E-state index in [1.54, 1.807) is 0 Å². The van der Waals surface area contributed by atoms with Crippen molar-refractivity contribution in [2.75, 3.05) is 0 Å². The van der Waals surface area contributed by atoms with Crippen molar-refractivity contribution in [2.24, 2.45) is 0 Å². The number of fused-ring (bicyclic) bond motifs is 11. The Morgan fingerprint density at radius 3 is 1.93 bits per heavy atom. The van der Waals surface area contributed by atoms with Crippen molar-refractivity contribution in [1.82, 2.24) is 24.1 Å². The Bertz CT molecular complexity index is 3470. The van der Waals surface area contributed by atoms with E-state index in [0.717, 1.165) is 111 Å². The van der Waals surface area contributed by atoms with Crippen LogP contribution in [0.4, 0.5) is 0 Å². The third-order valence-electron chi connectivity index (χ3n) is 11.0. The maximum absolute atomic E-state index is 6.71. The lowest BCUT2D eigenvalue weighted by molar-refractivity contribution is 0.673. The molecular formula is C49H29N5O. The van der Waals surface area contributed by atoms with Crippen molar-refractivity contribution < 1.29 is 4.42 Å². The van der Waals surface area contributed by atoms with E-state index in [1.807, 2.05) is 60.8 Å². The summed E-state index contributed by atoms with van der Waals surface area (Å²) in [5, 5.41) is 6.60. The Labute approximate surface area is 314 Å². The molecule has 55 heavy (non-hydrogen) atoms. The summed E-state index contributed by atoms with van der Waals surface area (Å²) in [4.78, 5) is 15.6. The molecule has 0 atom stereocenters. The summed E-state index contributed by atoms with van der Waals surface area (Å²) in [6, 6.07) is 59.2. The Hall–Kier alpha value is -7.57. The minimum Gasteiger partial charge on any atom is -0.455 e. The molecule has 5 heterocycles. The van der Waals surface area contributed by atoms with E-state index < -0.39 is 0 Å². The Morgan fingerprint density at radius 2 is 1.11 bits per heavy atom. The number of para-hydroxylation sites is 3. The fourth-order valence-electron chi connectivity index (χ4n) is 8.50. The van der Waals surface area contributed by atoms with Crippen LogP contribution >= 0.6 is 0 Å². The lowest BCUT2D eigenvalue weighted by atomic mass is 10.0. The molecule has 0 N–H and O–H groups in total. The number of aromatic nitrogens is 5. The molecule has 0 aliphatic carbocycles. The zero-order valence-electron chi connectivity index (χ0n) is 29.4. The molecule has 0 spiro atoms. The average molecular weight is 704 g/mol. The predicted octanol–water partition coefficient (Wildman–Crippen LogP) is 12.5. The maximum atomic E-state index is 6.71. The molecule has 0 bridgehead atoms. The van der Waals surface area contributed by atoms with Crippen LogP contribution < -0.4 is 0 Å². The number of furan rings is 1. The van der Waals surface area contributed by atoms with Gasteiger partial charge < -0.3 is 4.42 Å². The largest absolute Gasteiger partial charge is 0.455 e. The fourth-order valence-corrected chi connectivity index (χ4v) is 8.50. The molecule has 0 saturated heterocycles. The van der Waals surface area contributed by atoms with Gasteiger partial charge in [0.1, 0.15) is 22.7 Å². The van der Waals surface area contributed by atoms with Gasteiger partial charge in [-0.25, -0.2) is 15.0 Å². The smallest absolute Gasteiger partial charge is 0.165 e. The second-order valence-corrected chi connectivity index (χ2v) is 14.0. The highest BCUT2D eigenvalue weighted by molar-refractivity contribution is 6.27. The van der Waals surface area contributed by atoms with Crippen molar-refractivity contribution in [3.05, 3.63) is 176 Å². The molecule has 0 saturated carbocycles. The summed E-state index contributed by atoms with van der Waals surface area (Å²) >= 11 is 0. The van der Waals surface area contributed by atoms with Crippen LogP contribution in [0.2, 0.25) is 0 Å². The number of pyridine rings is 1. The highest BCUT2D eigenvalue weighted by Gasteiger charge is 2.24. The van der Waals surface area contributed by atoms with Crippen LogP contribution in [0.25, 0.3) is 111 Å². The van der Waals surface area contributed by atoms with E-state index in [9.17, 15) is 0 Å². The molecule has 7 aromatic carbocycles. The standard InChI is InChI=1S/C49H29N5O/c1-3-13-30(14-4-1)32-22-23-33-36-28-37-43(53(45-21-11-12-26-50-45)40-25-24-35-34-17-7-10-20-44(34)55-48(35)46(37)40)29-42(36)54(41(33)27-32)49-47(31-15-5-2-6-16-31)51-38-18-8-9-19-39(38)52-49/h1-29H. The predicted molar refractivity (Wildman–Crippen MR) is 224 cm³/mol. The van der Waals surface area contributed by atoms with Gasteiger partial charge in [-0.3, -0.25) is 9.13 Å². The first kappa shape index (κ1) is 29.9. The van der Waals surface area contributed by atoms with Crippen LogP contribution in [0.3, 0.4) is 0 Å². The van der Waals surface area contributed by atoms with Crippen molar-refractivity contribution in [2.45, 2.75) is 0 Å². The molecule has 6 nitrogen and oxygen atoms in total. The number of hydrogen-bond donors (Lipinski definition) is 0. The minimum absolute atomic E-state index is 0.773. The van der Waals surface area contributed by atoms with Gasteiger partial charge in [0, 0.05) is 38.7 Å². The molecular weight excluding hydrogens is 675 g/mol. The van der Waals surface area contributed by atoms with Gasteiger partial charge in [0.15, 0.2) is 5.82 Å². The zero-order valence-corrected chi connectivity index (χ0v) is 29.4. The first-order valence-corrected chi connectivity index (χ1v) is 18.4. The van der Waals surface area contributed by atoms with Gasteiger partial charge in [0.05, 0.1) is 38.5 Å². The van der Waals surface area contributed by atoms with Crippen LogP contribution in [-0.2, 0) is 0 Å². The van der Waals surface area contributed by atoms with Crippen LogP contribution in [0, 0.1) is 0 Å². The lowest BCUT2D eigenvalue weighted by Crippen LogP contribution is -2.04. The van der Waals surface area contributed by atoms with Crippen LogP contribution in [0.1, 0.15) is 0 Å². The normalized spacial score (nSPS) is 12.0. The van der Waals surface area contributed by atoms with Crippen molar-refractivity contribution in [3.63, 3.8) is 0 Å². The molecule has 12 aromatic rings. The molecule has 0 fully saturated rings. The van der Waals surface area contributed by atoms with E-state index in [2.05, 4.69) is 124 Å². The third-order valence-corrected chi connectivity index (χ3v) is 11.0. The molecule has 6 heteroatoms. The monoisotopic (exact) mass is 703 g/mol. The van der Waals surface area contributed by atoms with Crippen molar-refractivity contribution >= 4 is 76.6 Å². The van der Waals surface area contributed by atoms with E-state index in [1.165, 1.54) is 0 Å². The lowest BCUT2D eigenvalue weighted by Gasteiger charge is -2.14. The van der Waals surface area contributed by atoms with Gasteiger partial charge in [-0.15, -0.1) is 0 Å². The molecule has 0 radical (unpaired) electrons. The van der Waals surface area contributed by atoms with E-state index >= 15 is 0 Å². The number of hydrogen-bond acceptors (Lipinski definition) is 4. The highest BCUT2D eigenvalue weighted by atomic mass is 16.3. The summed E-state index contributed by atoms with van der Waals surface area (Å²) in [6.07, 6.45) is 1.85. The average Bonchev–Trinajstić information content (AvgIpc) is 3.90. The Balaban J connectivity index is 1.28. The van der Waals surface area contributed by atoms with Gasteiger partial charge >= 0.3 is 0 Å². The van der Waals surface area contributed by atoms with E-state index in [-0.39, 0.29) is 0 Å². The first-order chi connectivity index (χ1) is 27.3. The van der Waals surface area contributed by atoms with Gasteiger partial charge in [-0.2, -0.15) is 0 Å². The summed E-state index contributed by atoms with van der Waals surface area (Å²) in [5.41, 5.74) is 11.7. The summed E-state index contributed by atoms with van der Waals surface area (Å²) < 4.78 is 11.3. The molecule has 0 amide bonds. The summed E-state index contributed by atoms with van der Waals surface area (Å²) in [5.74, 6) is 1.61. The minimum atomic E-state index is 0.773. The molecule has 0 unspecified atom stereocenters. The van der Waals surface area contributed by atoms with Gasteiger partial charge in [-0.1, -0.05) is 109 Å². The highest BCUT2D eigenvalue weighted by Crippen LogP contribution is 2.44. The second kappa shape index (κ2) is 11.5. The third kappa shape index (κ3) is 4.39. The molecule has 0 aliphatic rings. The van der Waals surface area contributed by atoms with Crippen LogP contribution in [0.15, 0.2) is 180 Å². The molecule has 0 aliphatic heterocycles. The quantitative estimate of drug-likeness (QED) is 0.183. The van der Waals surface area contributed by atoms with Crippen LogP contribution in [0.5, 0.6) is 0 Å². The molecule has 256 valence electrons. The van der Waals surface area contributed by atoms with Crippen molar-refractivity contribution in [3.8, 4) is 34.0 Å². The van der Waals surface area contributed by atoms with Crippen LogP contribution in [-0.4, -0.2) is 24.1 Å². The number of benzene rings is 7. The Morgan fingerprint density at radius 1 is 0.418 bits per heavy atom. The second-order valence-electron chi connectivity index (χ2n) is 14.0. The van der Waals surface area contributed by atoms with Gasteiger partial charge in [0.25, 0.3) is 0 Å². The fraction of sp³-hybridized carbons (Fsp3) is 0. The first-order valence-electron chi connectivity index (χ1n) is 18.4. The summed E-state index contributed by atoms with van der Waals surface area (Å²) in [6.45, 7) is 0. The van der Waals surface area contributed by atoms with Gasteiger partial charge in [0.2, 0.25) is 0 Å². The molecule has 12 rings (SSSR count). The van der Waals surface area contributed by atoms with Gasteiger partial charge in [-0.05, 0) is 71.8 Å². The van der Waals surface area contributed by atoms with E-state index in [0.29, 0.717) is 0 Å².